The molecule has 1 atom stereocenters. The van der Waals surface area contributed by atoms with E-state index in [1.165, 1.54) is 0 Å². The zero-order valence-electron chi connectivity index (χ0n) is 18.7. The molecule has 1 saturated heterocycles. The summed E-state index contributed by atoms with van der Waals surface area (Å²) in [6.45, 7) is 1.98. The predicted molar refractivity (Wildman–Crippen MR) is 133 cm³/mol. The molecule has 1 aliphatic heterocycles. The maximum absolute atomic E-state index is 5.30. The third kappa shape index (κ3) is 3.92. The molecule has 0 radical (unpaired) electrons. The molecule has 1 aromatic carbocycles. The van der Waals surface area contributed by atoms with Crippen LogP contribution in [0.4, 0.5) is 5.82 Å². The number of rotatable bonds is 4. The molecule has 1 aliphatic carbocycles. The topological polar surface area (TPSA) is 36.7 Å². The molecule has 5 nitrogen and oxygen atoms in total. The smallest absolute Gasteiger partial charge is 0.155 e. The van der Waals surface area contributed by atoms with Gasteiger partial charge in [0.15, 0.2) is 5.82 Å². The second-order valence-corrected chi connectivity index (χ2v) is 8.57. The van der Waals surface area contributed by atoms with Gasteiger partial charge in [0.2, 0.25) is 0 Å². The summed E-state index contributed by atoms with van der Waals surface area (Å²) in [6, 6.07) is 11.0. The van der Waals surface area contributed by atoms with E-state index in [-0.39, 0.29) is 0 Å². The Balaban J connectivity index is 1.72. The molecule has 32 heavy (non-hydrogen) atoms. The SMILES string of the molecule is CN(C)[C@H]1CCN(c2nc(-c3ccccc3)c(/C3=C/C=C\C=C/CC=C3)n3cncc23)C1. The van der Waals surface area contributed by atoms with Crippen LogP contribution in [0.5, 0.6) is 0 Å². The molecule has 0 amide bonds. The highest BCUT2D eigenvalue weighted by atomic mass is 15.3. The summed E-state index contributed by atoms with van der Waals surface area (Å²) in [7, 11) is 4.32. The minimum Gasteiger partial charge on any atom is -0.353 e. The number of likely N-dealkylation sites (N-methyl/N-ethyl adjacent to an activating group) is 1. The Hall–Kier alpha value is -3.44. The van der Waals surface area contributed by atoms with Crippen molar-refractivity contribution in [2.75, 3.05) is 32.1 Å². The summed E-state index contributed by atoms with van der Waals surface area (Å²) in [6.07, 6.45) is 20.9. The van der Waals surface area contributed by atoms with Crippen molar-refractivity contribution in [1.29, 1.82) is 0 Å². The van der Waals surface area contributed by atoms with Crippen LogP contribution in [0.2, 0.25) is 0 Å². The Bertz CT molecular complexity index is 1210. The Kier molecular flexibility index (Phi) is 5.73. The molecule has 2 aliphatic rings. The van der Waals surface area contributed by atoms with Crippen LogP contribution in [0.1, 0.15) is 18.5 Å². The highest BCUT2D eigenvalue weighted by Gasteiger charge is 2.28. The lowest BCUT2D eigenvalue weighted by Crippen LogP contribution is -2.32. The van der Waals surface area contributed by atoms with Gasteiger partial charge in [0, 0.05) is 30.3 Å². The molecule has 2 aromatic heterocycles. The fraction of sp³-hybridized carbons (Fsp3) is 0.259. The minimum atomic E-state index is 0.539. The van der Waals surface area contributed by atoms with Gasteiger partial charge in [-0.05, 0) is 26.9 Å². The van der Waals surface area contributed by atoms with Crippen LogP contribution in [0.25, 0.3) is 22.3 Å². The highest BCUT2D eigenvalue weighted by molar-refractivity contribution is 5.87. The number of fused-ring (bicyclic) bond motifs is 1. The van der Waals surface area contributed by atoms with E-state index in [1.54, 1.807) is 0 Å². The van der Waals surface area contributed by atoms with Crippen molar-refractivity contribution in [1.82, 2.24) is 19.3 Å². The summed E-state index contributed by atoms with van der Waals surface area (Å²) in [5, 5.41) is 0. The monoisotopic (exact) mass is 423 g/mol. The highest BCUT2D eigenvalue weighted by Crippen LogP contribution is 2.35. The van der Waals surface area contributed by atoms with Gasteiger partial charge >= 0.3 is 0 Å². The Morgan fingerprint density at radius 2 is 1.91 bits per heavy atom. The summed E-state index contributed by atoms with van der Waals surface area (Å²) in [5.41, 5.74) is 5.34. The van der Waals surface area contributed by atoms with Gasteiger partial charge in [-0.1, -0.05) is 72.9 Å². The first-order chi connectivity index (χ1) is 15.7. The van der Waals surface area contributed by atoms with E-state index < -0.39 is 0 Å². The number of aromatic nitrogens is 3. The van der Waals surface area contributed by atoms with Crippen LogP contribution in [0, 0.1) is 0 Å². The number of hydrogen-bond acceptors (Lipinski definition) is 4. The average molecular weight is 424 g/mol. The zero-order chi connectivity index (χ0) is 21.9. The molecule has 5 rings (SSSR count). The van der Waals surface area contributed by atoms with Gasteiger partial charge in [-0.3, -0.25) is 4.40 Å². The first-order valence-corrected chi connectivity index (χ1v) is 11.3. The van der Waals surface area contributed by atoms with E-state index >= 15 is 0 Å². The number of anilines is 1. The number of imidazole rings is 1. The van der Waals surface area contributed by atoms with Crippen LogP contribution in [0.15, 0.2) is 85.4 Å². The Morgan fingerprint density at radius 1 is 1.03 bits per heavy atom. The van der Waals surface area contributed by atoms with Crippen molar-refractivity contribution < 1.29 is 0 Å². The number of benzene rings is 1. The van der Waals surface area contributed by atoms with Gasteiger partial charge in [0.05, 0.1) is 23.9 Å². The van der Waals surface area contributed by atoms with E-state index in [9.17, 15) is 0 Å². The third-order valence-corrected chi connectivity index (χ3v) is 6.27. The molecule has 0 bridgehead atoms. The second kappa shape index (κ2) is 8.97. The van der Waals surface area contributed by atoms with Crippen LogP contribution in [0.3, 0.4) is 0 Å². The van der Waals surface area contributed by atoms with E-state index in [0.717, 1.165) is 59.8 Å². The Labute approximate surface area is 189 Å². The maximum atomic E-state index is 5.30. The molecule has 3 heterocycles. The van der Waals surface area contributed by atoms with E-state index in [2.05, 4.69) is 106 Å². The summed E-state index contributed by atoms with van der Waals surface area (Å²) < 4.78 is 2.21. The van der Waals surface area contributed by atoms with E-state index in [0.29, 0.717) is 6.04 Å². The Morgan fingerprint density at radius 3 is 2.72 bits per heavy atom. The lowest BCUT2D eigenvalue weighted by molar-refractivity contribution is 0.315. The number of hydrogen-bond donors (Lipinski definition) is 0. The molecule has 0 spiro atoms. The van der Waals surface area contributed by atoms with Crippen molar-refractivity contribution in [2.24, 2.45) is 0 Å². The largest absolute Gasteiger partial charge is 0.353 e. The average Bonchev–Trinajstić information content (AvgIpc) is 3.50. The predicted octanol–water partition coefficient (Wildman–Crippen LogP) is 4.99. The second-order valence-electron chi connectivity index (χ2n) is 8.57. The van der Waals surface area contributed by atoms with Crippen molar-refractivity contribution >= 4 is 16.9 Å². The van der Waals surface area contributed by atoms with Gasteiger partial charge in [-0.25, -0.2) is 9.97 Å². The third-order valence-electron chi connectivity index (χ3n) is 6.27. The first-order valence-electron chi connectivity index (χ1n) is 11.3. The minimum absolute atomic E-state index is 0.539. The lowest BCUT2D eigenvalue weighted by Gasteiger charge is -2.24. The zero-order valence-corrected chi connectivity index (χ0v) is 18.7. The first kappa shape index (κ1) is 20.5. The molecule has 0 N–H and O–H groups in total. The summed E-state index contributed by atoms with van der Waals surface area (Å²) in [5.74, 6) is 1.01. The van der Waals surface area contributed by atoms with Gasteiger partial charge in [0.1, 0.15) is 5.52 Å². The van der Waals surface area contributed by atoms with Crippen LogP contribution in [-0.2, 0) is 0 Å². The van der Waals surface area contributed by atoms with Gasteiger partial charge in [-0.2, -0.15) is 0 Å². The van der Waals surface area contributed by atoms with Gasteiger partial charge in [-0.15, -0.1) is 0 Å². The van der Waals surface area contributed by atoms with Crippen molar-refractivity contribution in [3.63, 3.8) is 0 Å². The summed E-state index contributed by atoms with van der Waals surface area (Å²) >= 11 is 0. The molecule has 0 unspecified atom stereocenters. The maximum Gasteiger partial charge on any atom is 0.155 e. The van der Waals surface area contributed by atoms with E-state index in [4.69, 9.17) is 4.98 Å². The quantitative estimate of drug-likeness (QED) is 0.592. The standard InChI is InChI=1S/C27H29N5/c1-30(2)23-16-17-31(19-23)27-24-18-28-20-32(24)26(22-14-8-5-3-4-6-9-15-22)25(29-27)21-12-10-7-11-13-21/h3-5,7-15,18,20,23H,6,16-17,19H2,1-2H3/b4-3-,8-5-,15-9?,22-14+/t23-/m0/s1. The lowest BCUT2D eigenvalue weighted by atomic mass is 10.0. The fourth-order valence-corrected chi connectivity index (χ4v) is 4.50. The van der Waals surface area contributed by atoms with Gasteiger partial charge < -0.3 is 9.80 Å². The molecule has 162 valence electrons. The summed E-state index contributed by atoms with van der Waals surface area (Å²) in [4.78, 5) is 14.6. The van der Waals surface area contributed by atoms with Crippen molar-refractivity contribution in [3.05, 3.63) is 91.1 Å². The van der Waals surface area contributed by atoms with Crippen LogP contribution >= 0.6 is 0 Å². The van der Waals surface area contributed by atoms with Gasteiger partial charge in [0.25, 0.3) is 0 Å². The molecule has 1 fully saturated rings. The van der Waals surface area contributed by atoms with Crippen LogP contribution < -0.4 is 4.90 Å². The number of allylic oxidation sites excluding steroid dienone is 8. The number of nitrogens with zero attached hydrogens (tertiary/aromatic N) is 5. The molecular formula is C27H29N5. The molecule has 5 heteroatoms. The molecule has 0 saturated carbocycles. The van der Waals surface area contributed by atoms with E-state index in [1.807, 2.05) is 12.5 Å². The van der Waals surface area contributed by atoms with Crippen LogP contribution in [-0.4, -0.2) is 52.5 Å². The molecule has 3 aromatic rings. The van der Waals surface area contributed by atoms with Crippen molar-refractivity contribution in [2.45, 2.75) is 18.9 Å². The molecular weight excluding hydrogens is 394 g/mol. The fourth-order valence-electron chi connectivity index (χ4n) is 4.50. The normalized spacial score (nSPS) is 22.4. The van der Waals surface area contributed by atoms with Crippen molar-refractivity contribution in [3.8, 4) is 11.3 Å².